The van der Waals surface area contributed by atoms with E-state index < -0.39 is 0 Å². The molecule has 2 aromatic rings. The summed E-state index contributed by atoms with van der Waals surface area (Å²) in [5.74, 6) is -0.305. The molecule has 4 heteroatoms. The minimum Gasteiger partial charge on any atom is -0.340 e. The van der Waals surface area contributed by atoms with Crippen LogP contribution in [-0.4, -0.2) is 10.9 Å². The van der Waals surface area contributed by atoms with Crippen LogP contribution in [0.2, 0.25) is 0 Å². The molecule has 0 saturated heterocycles. The van der Waals surface area contributed by atoms with Crippen molar-refractivity contribution in [3.63, 3.8) is 0 Å². The molecule has 0 spiro atoms. The average molecular weight is 270 g/mol. The number of aryl methyl sites for hydroxylation is 2. The predicted octanol–water partition coefficient (Wildman–Crippen LogP) is 3.20. The molecule has 2 rings (SSSR count). The minimum absolute atomic E-state index is 0.305. The highest BCUT2D eigenvalue weighted by atomic mass is 79.9. The van der Waals surface area contributed by atoms with E-state index in [9.17, 15) is 9.18 Å². The van der Waals surface area contributed by atoms with Gasteiger partial charge in [-0.1, -0.05) is 0 Å². The van der Waals surface area contributed by atoms with Crippen molar-refractivity contribution in [2.75, 3.05) is 0 Å². The van der Waals surface area contributed by atoms with Gasteiger partial charge in [0.1, 0.15) is 5.82 Å². The van der Waals surface area contributed by atoms with E-state index in [-0.39, 0.29) is 5.82 Å². The standard InChI is InChI=1S/C11H9BrFNO/c1-6-8-3-7(13)4-9(12)11(8)14(2)10(6)5-15/h3-5H,1-2H3. The second kappa shape index (κ2) is 3.45. The Morgan fingerprint density at radius 3 is 2.73 bits per heavy atom. The van der Waals surface area contributed by atoms with Crippen LogP contribution in [0.5, 0.6) is 0 Å². The van der Waals surface area contributed by atoms with Crippen LogP contribution in [0.4, 0.5) is 4.39 Å². The Kier molecular flexibility index (Phi) is 2.38. The number of nitrogens with zero attached hydrogens (tertiary/aromatic N) is 1. The fourth-order valence-electron chi connectivity index (χ4n) is 1.87. The van der Waals surface area contributed by atoms with Gasteiger partial charge < -0.3 is 4.57 Å². The Morgan fingerprint density at radius 2 is 2.13 bits per heavy atom. The molecule has 0 radical (unpaired) electrons. The first kappa shape index (κ1) is 10.4. The number of hydrogen-bond acceptors (Lipinski definition) is 1. The Bertz CT molecular complexity index is 559. The lowest BCUT2D eigenvalue weighted by Crippen LogP contribution is -1.95. The highest BCUT2D eigenvalue weighted by molar-refractivity contribution is 9.10. The number of halogens is 2. The zero-order valence-corrected chi connectivity index (χ0v) is 9.93. The summed E-state index contributed by atoms with van der Waals surface area (Å²) >= 11 is 3.30. The molecule has 0 aliphatic carbocycles. The second-order valence-electron chi connectivity index (χ2n) is 3.47. The van der Waals surface area contributed by atoms with Crippen LogP contribution in [0.1, 0.15) is 16.1 Å². The molecule has 1 aromatic heterocycles. The number of benzene rings is 1. The number of carbonyl (C=O) groups excluding carboxylic acids is 1. The first-order valence-corrected chi connectivity index (χ1v) is 5.24. The average Bonchev–Trinajstić information content (AvgIpc) is 2.39. The van der Waals surface area contributed by atoms with Gasteiger partial charge in [0.25, 0.3) is 0 Å². The van der Waals surface area contributed by atoms with Crippen molar-refractivity contribution in [1.82, 2.24) is 4.57 Å². The molecular formula is C11H9BrFNO. The van der Waals surface area contributed by atoms with Crippen LogP contribution >= 0.6 is 15.9 Å². The van der Waals surface area contributed by atoms with Gasteiger partial charge in [0.05, 0.1) is 11.2 Å². The summed E-state index contributed by atoms with van der Waals surface area (Å²) in [6, 6.07) is 2.85. The molecule has 78 valence electrons. The maximum Gasteiger partial charge on any atom is 0.166 e. The molecule has 0 fully saturated rings. The summed E-state index contributed by atoms with van der Waals surface area (Å²) in [4.78, 5) is 10.9. The van der Waals surface area contributed by atoms with E-state index in [0.29, 0.717) is 10.2 Å². The maximum atomic E-state index is 13.2. The van der Waals surface area contributed by atoms with Crippen molar-refractivity contribution < 1.29 is 9.18 Å². The zero-order valence-electron chi connectivity index (χ0n) is 8.34. The molecule has 0 amide bonds. The van der Waals surface area contributed by atoms with Gasteiger partial charge in [-0.2, -0.15) is 0 Å². The number of fused-ring (bicyclic) bond motifs is 1. The van der Waals surface area contributed by atoms with Crippen molar-refractivity contribution in [1.29, 1.82) is 0 Å². The lowest BCUT2D eigenvalue weighted by Gasteiger charge is -2.00. The van der Waals surface area contributed by atoms with Gasteiger partial charge >= 0.3 is 0 Å². The van der Waals surface area contributed by atoms with Gasteiger partial charge in [-0.25, -0.2) is 4.39 Å². The van der Waals surface area contributed by atoms with Crippen molar-refractivity contribution in [3.8, 4) is 0 Å². The smallest absolute Gasteiger partial charge is 0.166 e. The van der Waals surface area contributed by atoms with Gasteiger partial charge in [-0.15, -0.1) is 0 Å². The normalized spacial score (nSPS) is 10.9. The lowest BCUT2D eigenvalue weighted by molar-refractivity contribution is 0.111. The Balaban J connectivity index is 3.01. The van der Waals surface area contributed by atoms with Crippen LogP contribution in [0.3, 0.4) is 0 Å². The van der Waals surface area contributed by atoms with Gasteiger partial charge in [-0.05, 0) is 40.5 Å². The van der Waals surface area contributed by atoms with Gasteiger partial charge in [0.15, 0.2) is 6.29 Å². The molecule has 0 aliphatic heterocycles. The van der Waals surface area contributed by atoms with E-state index in [1.807, 2.05) is 6.92 Å². The quantitative estimate of drug-likeness (QED) is 0.729. The summed E-state index contributed by atoms with van der Waals surface area (Å²) in [7, 11) is 1.79. The molecule has 15 heavy (non-hydrogen) atoms. The molecule has 0 unspecified atom stereocenters. The first-order chi connectivity index (χ1) is 7.06. The fraction of sp³-hybridized carbons (Fsp3) is 0.182. The van der Waals surface area contributed by atoms with Crippen molar-refractivity contribution >= 4 is 33.1 Å². The number of aromatic nitrogens is 1. The van der Waals surface area contributed by atoms with Crippen LogP contribution in [0, 0.1) is 12.7 Å². The summed E-state index contributed by atoms with van der Waals surface area (Å²) in [6.45, 7) is 1.82. The Labute approximate surface area is 94.8 Å². The fourth-order valence-corrected chi connectivity index (χ4v) is 2.57. The molecule has 0 saturated carbocycles. The Hall–Kier alpha value is -1.16. The van der Waals surface area contributed by atoms with E-state index in [4.69, 9.17) is 0 Å². The molecule has 0 atom stereocenters. The summed E-state index contributed by atoms with van der Waals surface area (Å²) in [6.07, 6.45) is 0.791. The van der Waals surface area contributed by atoms with Crippen molar-refractivity contribution in [3.05, 3.63) is 33.7 Å². The first-order valence-electron chi connectivity index (χ1n) is 4.45. The van der Waals surface area contributed by atoms with E-state index in [2.05, 4.69) is 15.9 Å². The van der Waals surface area contributed by atoms with Gasteiger partial charge in [0.2, 0.25) is 0 Å². The topological polar surface area (TPSA) is 22.0 Å². The van der Waals surface area contributed by atoms with Crippen LogP contribution in [-0.2, 0) is 7.05 Å². The highest BCUT2D eigenvalue weighted by Gasteiger charge is 2.14. The lowest BCUT2D eigenvalue weighted by atomic mass is 10.1. The highest BCUT2D eigenvalue weighted by Crippen LogP contribution is 2.30. The largest absolute Gasteiger partial charge is 0.340 e. The number of rotatable bonds is 1. The number of aldehydes is 1. The van der Waals surface area contributed by atoms with Crippen LogP contribution in [0.15, 0.2) is 16.6 Å². The van der Waals surface area contributed by atoms with E-state index >= 15 is 0 Å². The number of carbonyl (C=O) groups is 1. The van der Waals surface area contributed by atoms with Gasteiger partial charge in [-0.3, -0.25) is 4.79 Å². The third kappa shape index (κ3) is 1.40. The second-order valence-corrected chi connectivity index (χ2v) is 4.33. The molecule has 0 N–H and O–H groups in total. The van der Waals surface area contributed by atoms with Crippen LogP contribution in [0.25, 0.3) is 10.9 Å². The minimum atomic E-state index is -0.305. The predicted molar refractivity (Wildman–Crippen MR) is 60.7 cm³/mol. The Morgan fingerprint density at radius 1 is 1.47 bits per heavy atom. The zero-order chi connectivity index (χ0) is 11.2. The van der Waals surface area contributed by atoms with E-state index in [1.165, 1.54) is 12.1 Å². The van der Waals surface area contributed by atoms with E-state index in [1.54, 1.807) is 11.6 Å². The molecule has 0 bridgehead atoms. The monoisotopic (exact) mass is 269 g/mol. The molecule has 0 aliphatic rings. The van der Waals surface area contributed by atoms with E-state index in [0.717, 1.165) is 22.8 Å². The third-order valence-electron chi connectivity index (χ3n) is 2.62. The summed E-state index contributed by atoms with van der Waals surface area (Å²) in [5, 5.41) is 0.770. The molecule has 1 aromatic carbocycles. The molecule has 1 heterocycles. The SMILES string of the molecule is Cc1c(C=O)n(C)c2c(Br)cc(F)cc12. The summed E-state index contributed by atoms with van der Waals surface area (Å²) < 4.78 is 15.6. The molecular weight excluding hydrogens is 261 g/mol. The van der Waals surface area contributed by atoms with Crippen molar-refractivity contribution in [2.45, 2.75) is 6.92 Å². The summed E-state index contributed by atoms with van der Waals surface area (Å²) in [5.41, 5.74) is 2.23. The third-order valence-corrected chi connectivity index (χ3v) is 3.23. The van der Waals surface area contributed by atoms with Gasteiger partial charge in [0, 0.05) is 16.9 Å². The van der Waals surface area contributed by atoms with Crippen LogP contribution < -0.4 is 0 Å². The maximum absolute atomic E-state index is 13.2. The number of hydrogen-bond donors (Lipinski definition) is 0. The molecule has 2 nitrogen and oxygen atoms in total. The van der Waals surface area contributed by atoms with Crippen molar-refractivity contribution in [2.24, 2.45) is 7.05 Å².